The molecule has 0 aromatic heterocycles. The maximum absolute atomic E-state index is 12.1. The van der Waals surface area contributed by atoms with Gasteiger partial charge in [-0.1, -0.05) is 42.5 Å². The molecular weight excluding hydrogens is 286 g/mol. The first kappa shape index (κ1) is 15.7. The molecule has 0 fully saturated rings. The van der Waals surface area contributed by atoms with Crippen LogP contribution in [0.5, 0.6) is 0 Å². The molecule has 2 aromatic carbocycles. The Morgan fingerprint density at radius 2 is 1.67 bits per heavy atom. The molecule has 0 bridgehead atoms. The molecule has 0 saturated carbocycles. The summed E-state index contributed by atoms with van der Waals surface area (Å²) in [6.45, 7) is 0.220. The van der Waals surface area contributed by atoms with Gasteiger partial charge in [0.25, 0.3) is 0 Å². The quantitative estimate of drug-likeness (QED) is 0.770. The average Bonchev–Trinajstić information content (AvgIpc) is 2.53. The normalized spacial score (nSPS) is 11.5. The van der Waals surface area contributed by atoms with Gasteiger partial charge in [0.05, 0.1) is 11.5 Å². The summed E-state index contributed by atoms with van der Waals surface area (Å²) in [6.07, 6.45) is 1.57. The van der Waals surface area contributed by atoms with Gasteiger partial charge in [0.15, 0.2) is 0 Å². The van der Waals surface area contributed by atoms with Crippen LogP contribution < -0.4 is 4.72 Å². The van der Waals surface area contributed by atoms with Crippen LogP contribution in [0.2, 0.25) is 0 Å². The van der Waals surface area contributed by atoms with Crippen LogP contribution in [0.1, 0.15) is 17.5 Å². The first-order valence-electron chi connectivity index (χ1n) is 6.85. The van der Waals surface area contributed by atoms with Crippen LogP contribution in [0.25, 0.3) is 0 Å². The fourth-order valence-electron chi connectivity index (χ4n) is 2.04. The third-order valence-electron chi connectivity index (χ3n) is 3.17. The first-order chi connectivity index (χ1) is 10.1. The number of hydrogen-bond donors (Lipinski definition) is 2. The Kier molecular flexibility index (Phi) is 5.50. The third-order valence-corrected chi connectivity index (χ3v) is 4.63. The summed E-state index contributed by atoms with van der Waals surface area (Å²) in [4.78, 5) is 0.189. The van der Waals surface area contributed by atoms with Gasteiger partial charge < -0.3 is 5.11 Å². The van der Waals surface area contributed by atoms with Gasteiger partial charge in [-0.05, 0) is 36.1 Å². The monoisotopic (exact) mass is 305 g/mol. The van der Waals surface area contributed by atoms with Crippen LogP contribution >= 0.6 is 0 Å². The molecule has 0 unspecified atom stereocenters. The molecule has 2 N–H and O–H groups in total. The van der Waals surface area contributed by atoms with Crippen molar-refractivity contribution in [3.8, 4) is 0 Å². The molecule has 0 atom stereocenters. The number of aliphatic hydroxyl groups excluding tert-OH is 1. The predicted octanol–water partition coefficient (Wildman–Crippen LogP) is 2.09. The summed E-state index contributed by atoms with van der Waals surface area (Å²) in [5.41, 5.74) is 1.78. The second-order valence-electron chi connectivity index (χ2n) is 4.79. The number of aryl methyl sites for hydroxylation is 1. The van der Waals surface area contributed by atoms with E-state index in [1.54, 1.807) is 12.1 Å². The van der Waals surface area contributed by atoms with Crippen molar-refractivity contribution in [3.05, 3.63) is 65.7 Å². The lowest BCUT2D eigenvalue weighted by Crippen LogP contribution is -2.25. The number of hydrogen-bond acceptors (Lipinski definition) is 3. The van der Waals surface area contributed by atoms with Crippen molar-refractivity contribution in [2.45, 2.75) is 24.3 Å². The molecule has 4 nitrogen and oxygen atoms in total. The second-order valence-corrected chi connectivity index (χ2v) is 6.56. The van der Waals surface area contributed by atoms with E-state index in [0.29, 0.717) is 12.1 Å². The van der Waals surface area contributed by atoms with Gasteiger partial charge in [0.1, 0.15) is 0 Å². The third kappa shape index (κ3) is 4.67. The highest BCUT2D eigenvalue weighted by Crippen LogP contribution is 2.11. The van der Waals surface area contributed by atoms with Crippen molar-refractivity contribution in [3.63, 3.8) is 0 Å². The van der Waals surface area contributed by atoms with Crippen molar-refractivity contribution >= 4 is 10.0 Å². The van der Waals surface area contributed by atoms with Gasteiger partial charge in [-0.3, -0.25) is 0 Å². The van der Waals surface area contributed by atoms with Crippen molar-refractivity contribution in [2.75, 3.05) is 6.54 Å². The molecular formula is C16H19NO3S. The molecule has 0 heterocycles. The molecule has 112 valence electrons. The fraction of sp³-hybridized carbons (Fsp3) is 0.250. The Labute approximate surface area is 125 Å². The highest BCUT2D eigenvalue weighted by atomic mass is 32.2. The van der Waals surface area contributed by atoms with Gasteiger partial charge >= 0.3 is 0 Å². The fourth-order valence-corrected chi connectivity index (χ4v) is 3.18. The molecule has 0 radical (unpaired) electrons. The molecule has 0 saturated heterocycles. The van der Waals surface area contributed by atoms with E-state index < -0.39 is 10.0 Å². The number of aliphatic hydroxyl groups is 1. The topological polar surface area (TPSA) is 66.4 Å². The molecule has 2 rings (SSSR count). The highest BCUT2D eigenvalue weighted by molar-refractivity contribution is 7.89. The van der Waals surface area contributed by atoms with Crippen molar-refractivity contribution < 1.29 is 13.5 Å². The first-order valence-corrected chi connectivity index (χ1v) is 8.33. The van der Waals surface area contributed by atoms with Gasteiger partial charge in [-0.15, -0.1) is 0 Å². The summed E-state index contributed by atoms with van der Waals surface area (Å²) in [5.74, 6) is 0. The molecule has 5 heteroatoms. The zero-order chi connectivity index (χ0) is 15.1. The van der Waals surface area contributed by atoms with Gasteiger partial charge in [-0.2, -0.15) is 0 Å². The lowest BCUT2D eigenvalue weighted by atomic mass is 10.1. The summed E-state index contributed by atoms with van der Waals surface area (Å²) < 4.78 is 26.8. The Morgan fingerprint density at radius 3 is 2.38 bits per heavy atom. The van der Waals surface area contributed by atoms with Gasteiger partial charge in [0, 0.05) is 6.54 Å². The molecule has 0 aliphatic rings. The lowest BCUT2D eigenvalue weighted by Gasteiger charge is -2.08. The minimum Gasteiger partial charge on any atom is -0.392 e. The van der Waals surface area contributed by atoms with Crippen LogP contribution in [-0.2, 0) is 23.1 Å². The molecule has 21 heavy (non-hydrogen) atoms. The molecule has 0 aliphatic heterocycles. The van der Waals surface area contributed by atoms with Crippen molar-refractivity contribution in [1.82, 2.24) is 4.72 Å². The molecule has 0 spiro atoms. The Balaban J connectivity index is 1.89. The maximum Gasteiger partial charge on any atom is 0.240 e. The van der Waals surface area contributed by atoms with Crippen LogP contribution in [0.4, 0.5) is 0 Å². The van der Waals surface area contributed by atoms with Crippen molar-refractivity contribution in [2.24, 2.45) is 0 Å². The number of benzene rings is 2. The van der Waals surface area contributed by atoms with E-state index in [1.807, 2.05) is 30.3 Å². The van der Waals surface area contributed by atoms with Crippen LogP contribution in [0.15, 0.2) is 59.5 Å². The predicted molar refractivity (Wildman–Crippen MR) is 82.3 cm³/mol. The maximum atomic E-state index is 12.1. The van der Waals surface area contributed by atoms with Gasteiger partial charge in [-0.25, -0.2) is 13.1 Å². The highest BCUT2D eigenvalue weighted by Gasteiger charge is 2.13. The van der Waals surface area contributed by atoms with E-state index >= 15 is 0 Å². The summed E-state index contributed by atoms with van der Waals surface area (Å²) in [5, 5.41) is 9.05. The Morgan fingerprint density at radius 1 is 0.952 bits per heavy atom. The smallest absolute Gasteiger partial charge is 0.240 e. The minimum atomic E-state index is -3.51. The van der Waals surface area contributed by atoms with E-state index in [4.69, 9.17) is 5.11 Å². The SMILES string of the molecule is O=S(=O)(NCCCc1ccccc1)c1cccc(CO)c1. The Hall–Kier alpha value is -1.69. The number of rotatable bonds is 7. The molecule has 0 aliphatic carbocycles. The molecule has 2 aromatic rings. The zero-order valence-corrected chi connectivity index (χ0v) is 12.5. The number of nitrogens with one attached hydrogen (secondary N) is 1. The standard InChI is InChI=1S/C16H19NO3S/c18-13-15-8-4-10-16(12-15)21(19,20)17-11-5-9-14-6-2-1-3-7-14/h1-4,6-8,10,12,17-18H,5,9,11,13H2. The Bertz CT molecular complexity index is 669. The minimum absolute atomic E-state index is 0.169. The zero-order valence-electron chi connectivity index (χ0n) is 11.7. The second kappa shape index (κ2) is 7.36. The van der Waals surface area contributed by atoms with E-state index in [9.17, 15) is 8.42 Å². The molecule has 0 amide bonds. The van der Waals surface area contributed by atoms with Crippen LogP contribution in [-0.4, -0.2) is 20.1 Å². The van der Waals surface area contributed by atoms with Crippen LogP contribution in [0, 0.1) is 0 Å². The summed E-state index contributed by atoms with van der Waals surface area (Å²) >= 11 is 0. The number of sulfonamides is 1. The van der Waals surface area contributed by atoms with Crippen LogP contribution in [0.3, 0.4) is 0 Å². The summed E-state index contributed by atoms with van der Waals surface area (Å²) in [6, 6.07) is 16.3. The van der Waals surface area contributed by atoms with E-state index in [2.05, 4.69) is 4.72 Å². The largest absolute Gasteiger partial charge is 0.392 e. The lowest BCUT2D eigenvalue weighted by molar-refractivity contribution is 0.281. The van der Waals surface area contributed by atoms with E-state index in [-0.39, 0.29) is 11.5 Å². The average molecular weight is 305 g/mol. The van der Waals surface area contributed by atoms with E-state index in [1.165, 1.54) is 17.7 Å². The van der Waals surface area contributed by atoms with E-state index in [0.717, 1.165) is 12.8 Å². The van der Waals surface area contributed by atoms with Crippen molar-refractivity contribution in [1.29, 1.82) is 0 Å². The summed E-state index contributed by atoms with van der Waals surface area (Å²) in [7, 11) is -3.51. The van der Waals surface area contributed by atoms with Gasteiger partial charge in [0.2, 0.25) is 10.0 Å².